The van der Waals surface area contributed by atoms with Crippen LogP contribution in [0.2, 0.25) is 10.0 Å². The molecular weight excluding hydrogens is 293 g/mol. The summed E-state index contributed by atoms with van der Waals surface area (Å²) in [5.74, 6) is 0. The lowest BCUT2D eigenvalue weighted by molar-refractivity contribution is 0.651. The lowest BCUT2D eigenvalue weighted by atomic mass is 10.2. The third kappa shape index (κ3) is 3.75. The number of rotatable bonds is 6. The fraction of sp³-hybridized carbons (Fsp3) is 0.400. The summed E-state index contributed by atoms with van der Waals surface area (Å²) in [7, 11) is 0. The van der Waals surface area contributed by atoms with E-state index in [0.29, 0.717) is 16.6 Å². The molecule has 2 aromatic rings. The number of aromatic nitrogens is 2. The molecule has 0 amide bonds. The van der Waals surface area contributed by atoms with Gasteiger partial charge >= 0.3 is 0 Å². The minimum Gasteiger partial charge on any atom is -0.313 e. The second kappa shape index (κ2) is 7.11. The van der Waals surface area contributed by atoms with E-state index in [1.807, 2.05) is 29.1 Å². The highest BCUT2D eigenvalue weighted by Crippen LogP contribution is 2.23. The topological polar surface area (TPSA) is 29.9 Å². The molecule has 1 aromatic carbocycles. The van der Waals surface area contributed by atoms with Gasteiger partial charge in [-0.1, -0.05) is 36.2 Å². The molecule has 0 aliphatic heterocycles. The number of nitrogens with one attached hydrogen (secondary N) is 1. The third-order valence-corrected chi connectivity index (χ3v) is 4.00. The molecule has 0 fully saturated rings. The molecule has 1 N–H and O–H groups in total. The molecule has 5 heteroatoms. The number of nitrogens with zero attached hydrogens (tertiary/aromatic N) is 2. The van der Waals surface area contributed by atoms with Crippen molar-refractivity contribution < 1.29 is 0 Å². The highest BCUT2D eigenvalue weighted by molar-refractivity contribution is 6.42. The Morgan fingerprint density at radius 3 is 2.75 bits per heavy atom. The van der Waals surface area contributed by atoms with Crippen LogP contribution in [0.15, 0.2) is 24.4 Å². The maximum atomic E-state index is 6.04. The molecule has 0 saturated heterocycles. The Labute approximate surface area is 129 Å². The molecule has 1 heterocycles. The van der Waals surface area contributed by atoms with E-state index in [-0.39, 0.29) is 0 Å². The fourth-order valence-corrected chi connectivity index (χ4v) is 2.35. The molecule has 1 aromatic heterocycles. The van der Waals surface area contributed by atoms with Gasteiger partial charge in [0, 0.05) is 17.8 Å². The first kappa shape index (κ1) is 15.4. The van der Waals surface area contributed by atoms with E-state index >= 15 is 0 Å². The second-order valence-electron chi connectivity index (χ2n) is 4.84. The predicted octanol–water partition coefficient (Wildman–Crippen LogP) is 4.05. The summed E-state index contributed by atoms with van der Waals surface area (Å²) in [5.41, 5.74) is 3.51. The Balaban J connectivity index is 2.07. The lowest BCUT2D eigenvalue weighted by Crippen LogP contribution is -2.14. The fourth-order valence-electron chi connectivity index (χ4n) is 2.03. The van der Waals surface area contributed by atoms with Crippen LogP contribution in [0.5, 0.6) is 0 Å². The van der Waals surface area contributed by atoms with Crippen LogP contribution in [-0.2, 0) is 13.1 Å². The monoisotopic (exact) mass is 311 g/mol. The molecule has 20 heavy (non-hydrogen) atoms. The molecule has 108 valence electrons. The van der Waals surface area contributed by atoms with Crippen molar-refractivity contribution >= 4 is 23.2 Å². The van der Waals surface area contributed by atoms with Crippen molar-refractivity contribution in [3.63, 3.8) is 0 Å². The zero-order valence-corrected chi connectivity index (χ0v) is 13.3. The number of halogens is 2. The van der Waals surface area contributed by atoms with Gasteiger partial charge < -0.3 is 5.32 Å². The Bertz CT molecular complexity index is 578. The minimum absolute atomic E-state index is 0.581. The van der Waals surface area contributed by atoms with Gasteiger partial charge in [0.15, 0.2) is 0 Å². The molecule has 0 aliphatic carbocycles. The molecule has 0 bridgehead atoms. The van der Waals surface area contributed by atoms with E-state index < -0.39 is 0 Å². The van der Waals surface area contributed by atoms with Gasteiger partial charge in [-0.2, -0.15) is 5.10 Å². The summed E-state index contributed by atoms with van der Waals surface area (Å²) in [5, 5.41) is 9.00. The van der Waals surface area contributed by atoms with Crippen LogP contribution in [0.1, 0.15) is 30.2 Å². The van der Waals surface area contributed by atoms with Crippen LogP contribution < -0.4 is 5.32 Å². The van der Waals surface area contributed by atoms with Gasteiger partial charge in [0.25, 0.3) is 0 Å². The smallest absolute Gasteiger partial charge is 0.0663 e. The summed E-state index contributed by atoms with van der Waals surface area (Å²) in [6, 6.07) is 5.69. The highest BCUT2D eigenvalue weighted by atomic mass is 35.5. The molecule has 0 spiro atoms. The van der Waals surface area contributed by atoms with Gasteiger partial charge in [0.1, 0.15) is 0 Å². The highest BCUT2D eigenvalue weighted by Gasteiger charge is 2.07. The maximum absolute atomic E-state index is 6.04. The number of hydrogen-bond donors (Lipinski definition) is 1. The number of hydrogen-bond acceptors (Lipinski definition) is 2. The molecule has 0 radical (unpaired) electrons. The van der Waals surface area contributed by atoms with Crippen LogP contribution in [-0.4, -0.2) is 16.3 Å². The molecule has 3 nitrogen and oxygen atoms in total. The van der Waals surface area contributed by atoms with Crippen LogP contribution in [0.4, 0.5) is 0 Å². The zero-order valence-electron chi connectivity index (χ0n) is 11.8. The first-order valence-electron chi connectivity index (χ1n) is 6.77. The van der Waals surface area contributed by atoms with Crippen LogP contribution in [0, 0.1) is 6.92 Å². The maximum Gasteiger partial charge on any atom is 0.0663 e. The molecule has 0 unspecified atom stereocenters. The van der Waals surface area contributed by atoms with E-state index in [1.54, 1.807) is 0 Å². The van der Waals surface area contributed by atoms with Gasteiger partial charge in [0.05, 0.1) is 22.8 Å². The Kier molecular flexibility index (Phi) is 5.46. The quantitative estimate of drug-likeness (QED) is 0.816. The summed E-state index contributed by atoms with van der Waals surface area (Å²) in [4.78, 5) is 0. The van der Waals surface area contributed by atoms with Crippen molar-refractivity contribution in [1.29, 1.82) is 0 Å². The SMILES string of the molecule is CCCNCc1cnn(Cc2ccc(Cl)c(Cl)c2)c1C. The largest absolute Gasteiger partial charge is 0.313 e. The van der Waals surface area contributed by atoms with Gasteiger partial charge in [-0.25, -0.2) is 0 Å². The number of benzene rings is 1. The Morgan fingerprint density at radius 2 is 2.05 bits per heavy atom. The van der Waals surface area contributed by atoms with E-state index in [2.05, 4.69) is 24.3 Å². The van der Waals surface area contributed by atoms with E-state index in [0.717, 1.165) is 25.1 Å². The van der Waals surface area contributed by atoms with Gasteiger partial charge in [-0.3, -0.25) is 4.68 Å². The van der Waals surface area contributed by atoms with Crippen LogP contribution in [0.25, 0.3) is 0 Å². The molecule has 0 aliphatic rings. The van der Waals surface area contributed by atoms with Gasteiger partial charge in [-0.05, 0) is 37.6 Å². The minimum atomic E-state index is 0.581. The molecule has 0 saturated carbocycles. The molecular formula is C15H19Cl2N3. The van der Waals surface area contributed by atoms with Crippen molar-refractivity contribution in [2.75, 3.05) is 6.54 Å². The standard InChI is InChI=1S/C15H19Cl2N3/c1-3-6-18-8-13-9-19-20(11(13)2)10-12-4-5-14(16)15(17)7-12/h4-5,7,9,18H,3,6,8,10H2,1-2H3. The van der Waals surface area contributed by atoms with E-state index in [9.17, 15) is 0 Å². The zero-order chi connectivity index (χ0) is 14.5. The first-order chi connectivity index (χ1) is 9.61. The lowest BCUT2D eigenvalue weighted by Gasteiger charge is -2.07. The van der Waals surface area contributed by atoms with Crippen molar-refractivity contribution in [3.05, 3.63) is 51.3 Å². The Hall–Kier alpha value is -1.03. The van der Waals surface area contributed by atoms with Crippen LogP contribution in [0.3, 0.4) is 0 Å². The summed E-state index contributed by atoms with van der Waals surface area (Å²) in [6.07, 6.45) is 3.06. The normalized spacial score (nSPS) is 11.0. The van der Waals surface area contributed by atoms with Crippen LogP contribution >= 0.6 is 23.2 Å². The van der Waals surface area contributed by atoms with Crippen molar-refractivity contribution in [2.24, 2.45) is 0 Å². The summed E-state index contributed by atoms with van der Waals surface area (Å²) < 4.78 is 1.99. The van der Waals surface area contributed by atoms with Gasteiger partial charge in [-0.15, -0.1) is 0 Å². The Morgan fingerprint density at radius 1 is 1.25 bits per heavy atom. The average molecular weight is 312 g/mol. The molecule has 2 rings (SSSR count). The van der Waals surface area contributed by atoms with E-state index in [4.69, 9.17) is 23.2 Å². The van der Waals surface area contributed by atoms with Crippen molar-refractivity contribution in [3.8, 4) is 0 Å². The first-order valence-corrected chi connectivity index (χ1v) is 7.53. The average Bonchev–Trinajstić information content (AvgIpc) is 2.76. The third-order valence-electron chi connectivity index (χ3n) is 3.26. The van der Waals surface area contributed by atoms with Crippen molar-refractivity contribution in [2.45, 2.75) is 33.4 Å². The van der Waals surface area contributed by atoms with Crippen molar-refractivity contribution in [1.82, 2.24) is 15.1 Å². The second-order valence-corrected chi connectivity index (χ2v) is 5.65. The van der Waals surface area contributed by atoms with E-state index in [1.165, 1.54) is 11.3 Å². The predicted molar refractivity (Wildman–Crippen MR) is 84.5 cm³/mol. The molecule has 0 atom stereocenters. The summed E-state index contributed by atoms with van der Waals surface area (Å²) in [6.45, 7) is 6.84. The van der Waals surface area contributed by atoms with Gasteiger partial charge in [0.2, 0.25) is 0 Å². The summed E-state index contributed by atoms with van der Waals surface area (Å²) >= 11 is 12.0.